The molecule has 2 nitrogen and oxygen atoms in total. The van der Waals surface area contributed by atoms with Crippen molar-refractivity contribution in [2.75, 3.05) is 20.7 Å². The van der Waals surface area contributed by atoms with Crippen LogP contribution in [0.1, 0.15) is 12.5 Å². The van der Waals surface area contributed by atoms with Gasteiger partial charge in [-0.15, -0.1) is 0 Å². The maximum absolute atomic E-state index is 9.75. The van der Waals surface area contributed by atoms with Crippen LogP contribution in [0.25, 0.3) is 6.08 Å². The van der Waals surface area contributed by atoms with Gasteiger partial charge in [-0.05, 0) is 18.6 Å². The fraction of sp³-hybridized carbons (Fsp3) is 0.308. The van der Waals surface area contributed by atoms with Gasteiger partial charge in [-0.25, -0.2) is 4.58 Å². The Kier molecular flexibility index (Phi) is 8.35. The zero-order valence-electron chi connectivity index (χ0n) is 11.7. The van der Waals surface area contributed by atoms with Gasteiger partial charge in [-0.3, -0.25) is 0 Å². The summed E-state index contributed by atoms with van der Waals surface area (Å²) in [5, 5.41) is 0. The highest BCUT2D eigenvalue weighted by Crippen LogP contribution is 2.06. The summed E-state index contributed by atoms with van der Waals surface area (Å²) in [6.45, 7) is 2.67. The third kappa shape index (κ3) is 11.3. The minimum absolute atomic E-state index is 0.687. The summed E-state index contributed by atoms with van der Waals surface area (Å²) in [5.74, 6) is 0.876. The zero-order valence-corrected chi connectivity index (χ0v) is 11.7. The molecule has 0 aliphatic heterocycles. The largest absolute Gasteiger partial charge is 0.673 e. The van der Waals surface area contributed by atoms with Crippen LogP contribution in [0.3, 0.4) is 0 Å². The molecule has 0 atom stereocenters. The summed E-state index contributed by atoms with van der Waals surface area (Å²) >= 11 is 0. The average molecular weight is 291 g/mol. The quantitative estimate of drug-likeness (QED) is 0.272. The third-order valence-corrected chi connectivity index (χ3v) is 1.95. The molecule has 1 aromatic carbocycles. The molecule has 1 rings (SSSR count). The second kappa shape index (κ2) is 9.17. The lowest BCUT2D eigenvalue weighted by Crippen LogP contribution is -2.14. The lowest BCUT2D eigenvalue weighted by Gasteiger charge is -1.99. The summed E-state index contributed by atoms with van der Waals surface area (Å²) in [4.78, 5) is 0. The molecule has 0 unspecified atom stereocenters. The molecule has 0 aromatic heterocycles. The van der Waals surface area contributed by atoms with Crippen molar-refractivity contribution in [3.63, 3.8) is 0 Å². The van der Waals surface area contributed by atoms with E-state index in [1.165, 1.54) is 5.56 Å². The van der Waals surface area contributed by atoms with Gasteiger partial charge in [0, 0.05) is 0 Å². The number of hydrogen-bond acceptors (Lipinski definition) is 1. The Morgan fingerprint density at radius 3 is 2.05 bits per heavy atom. The molecule has 7 heteroatoms. The summed E-state index contributed by atoms with van der Waals surface area (Å²) in [5.41, 5.74) is 1.18. The van der Waals surface area contributed by atoms with Crippen LogP contribution in [0.15, 0.2) is 36.4 Å². The molecule has 0 bridgehead atoms. The van der Waals surface area contributed by atoms with E-state index in [2.05, 4.69) is 12.1 Å². The molecule has 0 amide bonds. The van der Waals surface area contributed by atoms with Crippen LogP contribution in [-0.2, 0) is 4.74 Å². The van der Waals surface area contributed by atoms with Crippen LogP contribution in [-0.4, -0.2) is 38.4 Å². The van der Waals surface area contributed by atoms with Gasteiger partial charge in [0.05, 0.1) is 12.7 Å². The van der Waals surface area contributed by atoms with Gasteiger partial charge in [-0.1, -0.05) is 30.3 Å². The van der Waals surface area contributed by atoms with Gasteiger partial charge in [0.1, 0.15) is 14.1 Å². The standard InChI is InChI=1S/C13H18NO.BF4/c1-4-15-13(14(2)3)11-10-12-8-6-5-7-9-12;2-1(3,4)5/h5-11H,4H2,1-3H3;/q+1;-1/b11-10+;. The van der Waals surface area contributed by atoms with Crippen molar-refractivity contribution < 1.29 is 26.6 Å². The van der Waals surface area contributed by atoms with Gasteiger partial charge in [0.25, 0.3) is 0 Å². The SMILES string of the molecule is CCOC(/C=C/c1ccccc1)=[N+](C)C.F[B-](F)(F)F. The highest BCUT2D eigenvalue weighted by molar-refractivity contribution is 6.50. The van der Waals surface area contributed by atoms with E-state index < -0.39 is 7.25 Å². The number of nitrogens with zero attached hydrogens (tertiary/aromatic N) is 1. The molecule has 0 aliphatic rings. The van der Waals surface area contributed by atoms with Crippen LogP contribution in [0.2, 0.25) is 0 Å². The molecule has 0 fully saturated rings. The van der Waals surface area contributed by atoms with E-state index in [0.29, 0.717) is 6.61 Å². The summed E-state index contributed by atoms with van der Waals surface area (Å²) in [7, 11) is -2.05. The van der Waals surface area contributed by atoms with Gasteiger partial charge in [0.2, 0.25) is 0 Å². The predicted octanol–water partition coefficient (Wildman–Crippen LogP) is 3.71. The molecule has 20 heavy (non-hydrogen) atoms. The fourth-order valence-electron chi connectivity index (χ4n) is 1.21. The average Bonchev–Trinajstić information content (AvgIpc) is 2.33. The van der Waals surface area contributed by atoms with E-state index in [0.717, 1.165) is 5.90 Å². The zero-order chi connectivity index (χ0) is 15.6. The molecule has 112 valence electrons. The summed E-state index contributed by atoms with van der Waals surface area (Å²) in [6, 6.07) is 10.2. The predicted molar refractivity (Wildman–Crippen MR) is 74.4 cm³/mol. The van der Waals surface area contributed by atoms with Crippen LogP contribution in [0, 0.1) is 0 Å². The Morgan fingerprint density at radius 1 is 1.15 bits per heavy atom. The van der Waals surface area contributed by atoms with Gasteiger partial charge in [-0.2, -0.15) is 0 Å². The second-order valence-corrected chi connectivity index (χ2v) is 3.90. The minimum Gasteiger partial charge on any atom is -0.445 e. The number of ether oxygens (including phenoxy) is 1. The van der Waals surface area contributed by atoms with Crippen LogP contribution < -0.4 is 0 Å². The van der Waals surface area contributed by atoms with E-state index >= 15 is 0 Å². The van der Waals surface area contributed by atoms with Crippen molar-refractivity contribution in [2.45, 2.75) is 6.92 Å². The van der Waals surface area contributed by atoms with Crippen LogP contribution in [0.4, 0.5) is 17.3 Å². The molecule has 0 heterocycles. The first-order chi connectivity index (χ1) is 9.24. The second-order valence-electron chi connectivity index (χ2n) is 3.90. The van der Waals surface area contributed by atoms with Gasteiger partial charge in [0.15, 0.2) is 0 Å². The first-order valence-electron chi connectivity index (χ1n) is 6.01. The summed E-state index contributed by atoms with van der Waals surface area (Å²) in [6.07, 6.45) is 4.03. The van der Waals surface area contributed by atoms with Crippen molar-refractivity contribution in [1.29, 1.82) is 0 Å². The minimum atomic E-state index is -6.00. The normalized spacial score (nSPS) is 10.8. The van der Waals surface area contributed by atoms with Crippen molar-refractivity contribution in [1.82, 2.24) is 0 Å². The first-order valence-corrected chi connectivity index (χ1v) is 6.01. The smallest absolute Gasteiger partial charge is 0.445 e. The van der Waals surface area contributed by atoms with E-state index in [9.17, 15) is 17.3 Å². The fourth-order valence-corrected chi connectivity index (χ4v) is 1.21. The Bertz CT molecular complexity index is 433. The van der Waals surface area contributed by atoms with Crippen molar-refractivity contribution >= 4 is 19.2 Å². The van der Waals surface area contributed by atoms with Crippen molar-refractivity contribution in [3.8, 4) is 0 Å². The highest BCUT2D eigenvalue weighted by atomic mass is 19.5. The van der Waals surface area contributed by atoms with E-state index in [1.807, 2.05) is 55.9 Å². The Balaban J connectivity index is 0.000000621. The molecule has 0 aliphatic carbocycles. The number of rotatable bonds is 3. The van der Waals surface area contributed by atoms with Crippen molar-refractivity contribution in [2.24, 2.45) is 0 Å². The molecular formula is C13H18BF4NO. The van der Waals surface area contributed by atoms with Gasteiger partial charge >= 0.3 is 13.2 Å². The van der Waals surface area contributed by atoms with Gasteiger partial charge < -0.3 is 22.0 Å². The van der Waals surface area contributed by atoms with E-state index in [1.54, 1.807) is 0 Å². The molecule has 0 saturated heterocycles. The number of benzene rings is 1. The topological polar surface area (TPSA) is 12.2 Å². The first kappa shape index (κ1) is 18.2. The Labute approximate surface area is 116 Å². The highest BCUT2D eigenvalue weighted by Gasteiger charge is 2.20. The van der Waals surface area contributed by atoms with Crippen LogP contribution >= 0.6 is 0 Å². The van der Waals surface area contributed by atoms with E-state index in [-0.39, 0.29) is 0 Å². The summed E-state index contributed by atoms with van der Waals surface area (Å²) < 4.78 is 46.4. The number of halogens is 4. The number of hydrogen-bond donors (Lipinski definition) is 0. The van der Waals surface area contributed by atoms with Crippen LogP contribution in [0.5, 0.6) is 0 Å². The van der Waals surface area contributed by atoms with Crippen molar-refractivity contribution in [3.05, 3.63) is 42.0 Å². The third-order valence-electron chi connectivity index (χ3n) is 1.95. The molecule has 0 saturated carbocycles. The molecule has 0 N–H and O–H groups in total. The van der Waals surface area contributed by atoms with E-state index in [4.69, 9.17) is 4.74 Å². The lowest BCUT2D eigenvalue weighted by molar-refractivity contribution is -0.473. The maximum Gasteiger partial charge on any atom is 0.673 e. The Morgan fingerprint density at radius 2 is 1.65 bits per heavy atom. The molecule has 0 spiro atoms. The Hall–Kier alpha value is -1.79. The molecule has 0 radical (unpaired) electrons. The monoisotopic (exact) mass is 291 g/mol. The molecule has 1 aromatic rings. The molecular weight excluding hydrogens is 273 g/mol. The lowest BCUT2D eigenvalue weighted by atomic mass is 10.2. The maximum atomic E-state index is 9.75.